The zero-order valence-electron chi connectivity index (χ0n) is 26.1. The first kappa shape index (κ1) is 32.7. The Morgan fingerprint density at radius 1 is 0.933 bits per heavy atom. The highest BCUT2D eigenvalue weighted by atomic mass is 32.2. The molecule has 12 heteroatoms. The molecular weight excluding hydrogens is 613 g/mol. The van der Waals surface area contributed by atoms with Crippen molar-refractivity contribution in [1.82, 2.24) is 20.6 Å². The summed E-state index contributed by atoms with van der Waals surface area (Å²) in [5.74, 6) is -1.66. The summed E-state index contributed by atoms with van der Waals surface area (Å²) in [6.07, 6.45) is 8.16. The minimum Gasteiger partial charge on any atom is -0.481 e. The molecule has 3 aliphatic rings. The van der Waals surface area contributed by atoms with Crippen LogP contribution in [0.25, 0.3) is 18.2 Å². The molecule has 2 aromatic heterocycles. The van der Waals surface area contributed by atoms with E-state index >= 15 is 0 Å². The Labute approximate surface area is 271 Å². The van der Waals surface area contributed by atoms with Gasteiger partial charge in [-0.15, -0.1) is 0 Å². The Bertz CT molecular complexity index is 1770. The number of rotatable bonds is 10. The van der Waals surface area contributed by atoms with E-state index in [4.69, 9.17) is 0 Å². The van der Waals surface area contributed by atoms with Crippen LogP contribution in [-0.4, -0.2) is 65.7 Å². The fourth-order valence-electron chi connectivity index (χ4n) is 6.79. The predicted molar refractivity (Wildman–Crippen MR) is 180 cm³/mol. The van der Waals surface area contributed by atoms with Gasteiger partial charge in [0.2, 0.25) is 16.6 Å². The van der Waals surface area contributed by atoms with Gasteiger partial charge in [-0.3, -0.25) is 19.2 Å². The van der Waals surface area contributed by atoms with E-state index in [1.807, 2.05) is 52.0 Å². The molecule has 2 aromatic rings. The molecular formula is C33H41N4O6S2+. The largest absolute Gasteiger partial charge is 0.481 e. The van der Waals surface area contributed by atoms with Crippen molar-refractivity contribution in [2.45, 2.75) is 76.3 Å². The Balaban J connectivity index is 1.63. The molecule has 1 spiro atoms. The van der Waals surface area contributed by atoms with E-state index < -0.39 is 11.9 Å². The zero-order chi connectivity index (χ0) is 32.8. The number of hydrogen-bond donors (Lipinski definition) is 7. The average molecular weight is 654 g/mol. The highest BCUT2D eigenvalue weighted by molar-refractivity contribution is 7.89. The van der Waals surface area contributed by atoms with E-state index in [0.29, 0.717) is 34.8 Å². The van der Waals surface area contributed by atoms with Gasteiger partial charge in [-0.25, -0.2) is 0 Å². The van der Waals surface area contributed by atoms with Crippen molar-refractivity contribution in [1.29, 1.82) is 0 Å². The number of carboxylic acid groups (broad SMARTS) is 2. The molecule has 6 N–H and O–H groups in total. The highest BCUT2D eigenvalue weighted by Gasteiger charge is 2.75. The lowest BCUT2D eigenvalue weighted by Crippen LogP contribution is -2.28. The van der Waals surface area contributed by atoms with Gasteiger partial charge in [0.25, 0.3) is 0 Å². The summed E-state index contributed by atoms with van der Waals surface area (Å²) in [7, 11) is 0. The Kier molecular flexibility index (Phi) is 9.19. The molecule has 45 heavy (non-hydrogen) atoms. The Morgan fingerprint density at radius 2 is 1.58 bits per heavy atom. The van der Waals surface area contributed by atoms with Gasteiger partial charge >= 0.3 is 11.9 Å². The van der Waals surface area contributed by atoms with E-state index in [9.17, 15) is 29.4 Å². The molecule has 5 atom stereocenters. The quantitative estimate of drug-likeness (QED) is 0.0893. The summed E-state index contributed by atoms with van der Waals surface area (Å²) >= 11 is 5.45. The topological polar surface area (TPSA) is 164 Å². The molecule has 5 heterocycles. The lowest BCUT2D eigenvalue weighted by molar-refractivity contribution is -0.138. The minimum atomic E-state index is -0.910. The van der Waals surface area contributed by atoms with Crippen LogP contribution in [0.2, 0.25) is 0 Å². The maximum absolute atomic E-state index is 12.6. The van der Waals surface area contributed by atoms with E-state index in [1.165, 1.54) is 11.8 Å². The van der Waals surface area contributed by atoms with Gasteiger partial charge in [-0.05, 0) is 92.8 Å². The summed E-state index contributed by atoms with van der Waals surface area (Å²) < 4.78 is -0.222. The molecule has 240 valence electrons. The third-order valence-electron chi connectivity index (χ3n) is 9.62. The summed E-state index contributed by atoms with van der Waals surface area (Å²) in [5.41, 5.74) is 6.56. The van der Waals surface area contributed by atoms with Gasteiger partial charge < -0.3 is 30.8 Å². The van der Waals surface area contributed by atoms with Crippen LogP contribution < -0.4 is 21.3 Å². The highest BCUT2D eigenvalue weighted by Crippen LogP contribution is 2.52. The van der Waals surface area contributed by atoms with Gasteiger partial charge in [0.1, 0.15) is 0 Å². The van der Waals surface area contributed by atoms with E-state index in [1.54, 1.807) is 0 Å². The van der Waals surface area contributed by atoms with Crippen LogP contribution in [0.4, 0.5) is 0 Å². The smallest absolute Gasteiger partial charge is 0.303 e. The third kappa shape index (κ3) is 6.14. The van der Waals surface area contributed by atoms with Gasteiger partial charge in [-0.1, -0.05) is 13.0 Å². The van der Waals surface area contributed by atoms with E-state index in [2.05, 4.69) is 40.2 Å². The molecule has 5 rings (SSSR count). The van der Waals surface area contributed by atoms with Gasteiger partial charge in [-0.2, -0.15) is 12.6 Å². The molecule has 0 bridgehead atoms. The molecule has 0 saturated carbocycles. The fraction of sp³-hybridized carbons (Fsp3) is 0.455. The van der Waals surface area contributed by atoms with Gasteiger partial charge in [0.15, 0.2) is 5.25 Å². The molecule has 0 aromatic carbocycles. The van der Waals surface area contributed by atoms with Crippen molar-refractivity contribution < 1.29 is 29.4 Å². The number of H-pyrrole nitrogens is 2. The summed E-state index contributed by atoms with van der Waals surface area (Å²) in [6, 6.07) is -0.251. The third-order valence-corrected chi connectivity index (χ3v) is 11.8. The van der Waals surface area contributed by atoms with E-state index in [0.717, 1.165) is 44.7 Å². The lowest BCUT2D eigenvalue weighted by atomic mass is 9.91. The number of aliphatic carboxylic acids is 2. The number of thiol groups is 2. The molecule has 0 radical (unpaired) electrons. The molecule has 2 amide bonds. The first-order valence-electron chi connectivity index (χ1n) is 15.2. The van der Waals surface area contributed by atoms with Crippen molar-refractivity contribution in [2.24, 2.45) is 11.8 Å². The summed E-state index contributed by atoms with van der Waals surface area (Å²) in [6.45, 7) is 9.96. The molecule has 0 aliphatic carbocycles. The number of nitrogens with one attached hydrogen (secondary N) is 4. The molecule has 10 nitrogen and oxygen atoms in total. The number of aromatic amines is 2. The molecule has 1 unspecified atom stereocenters. The molecule has 3 fully saturated rings. The second-order valence-electron chi connectivity index (χ2n) is 12.2. The van der Waals surface area contributed by atoms with Crippen LogP contribution in [0, 0.1) is 25.7 Å². The van der Waals surface area contributed by atoms with Crippen molar-refractivity contribution in [3.05, 3.63) is 61.7 Å². The second kappa shape index (κ2) is 12.6. The van der Waals surface area contributed by atoms with Gasteiger partial charge in [0, 0.05) is 52.2 Å². The standard InChI is InChI=1S/C33H40N4O6S2/c1-15-20(6-8-29(38)39)26(34-23(15)12-24-17(3)22(10-11-44)32(43)36-24)13-27-21(7-9-30(40)41)16(2)25(35-27)14-28-33(19(5)45-33)18(4)31(42)37-28/h10,12-14,17-19,24,34-35,44H,6-9,11H2,1-5H3,(H,36,43)(H,37,42)(H,38,39)(H,40,41)/p+1/b22-10+,23-12+,26-13+,28-14-/t17?,18-,19-,24+,33+/m0/s1. The van der Waals surface area contributed by atoms with Crippen molar-refractivity contribution in [3.63, 3.8) is 0 Å². The number of carboxylic acids is 2. The number of carbonyl (C=O) groups is 4. The number of carbonyl (C=O) groups excluding carboxylic acids is 2. The minimum absolute atomic E-state index is 0.00918. The maximum Gasteiger partial charge on any atom is 0.303 e. The normalized spacial score (nSPS) is 28.5. The van der Waals surface area contributed by atoms with Crippen LogP contribution >= 0.6 is 12.6 Å². The average Bonchev–Trinajstić information content (AvgIpc) is 3.17. The zero-order valence-corrected chi connectivity index (χ0v) is 27.9. The van der Waals surface area contributed by atoms with Crippen molar-refractivity contribution in [2.75, 3.05) is 5.75 Å². The van der Waals surface area contributed by atoms with Crippen LogP contribution in [-0.2, 0) is 43.8 Å². The van der Waals surface area contributed by atoms with E-state index in [-0.39, 0.29) is 47.3 Å². The summed E-state index contributed by atoms with van der Waals surface area (Å²) in [4.78, 5) is 55.3. The number of hydrogen-bond acceptors (Lipinski definition) is 5. The fourth-order valence-corrected chi connectivity index (χ4v) is 8.52. The van der Waals surface area contributed by atoms with Crippen LogP contribution in [0.15, 0.2) is 17.3 Å². The lowest BCUT2D eigenvalue weighted by Gasteiger charge is -2.09. The van der Waals surface area contributed by atoms with Crippen molar-refractivity contribution >= 4 is 66.4 Å². The second-order valence-corrected chi connectivity index (χ2v) is 14.4. The number of aromatic nitrogens is 2. The van der Waals surface area contributed by atoms with Crippen LogP contribution in [0.3, 0.4) is 0 Å². The summed E-state index contributed by atoms with van der Waals surface area (Å²) in [5, 5.41) is 26.9. The van der Waals surface area contributed by atoms with Gasteiger partial charge in [0.05, 0.1) is 17.7 Å². The first-order chi connectivity index (χ1) is 21.3. The SMILES string of the molecule is Cc1c(/C=C2\NC(=O)[C@H](C)[C@]23[SH+][C@H]3C)[nH]c(/C=c2/[nH]/c(=C/[C@H]3NC(=O)/C(=C/CS)C3C)c(C)c2CCC(=O)O)c1CCC(=O)O. The Hall–Kier alpha value is -3.64. The monoisotopic (exact) mass is 653 g/mol. The van der Waals surface area contributed by atoms with Crippen molar-refractivity contribution in [3.8, 4) is 0 Å². The predicted octanol–water partition coefficient (Wildman–Crippen LogP) is 1.66. The molecule has 3 saturated heterocycles. The Morgan fingerprint density at radius 3 is 2.18 bits per heavy atom. The maximum atomic E-state index is 12.6. The van der Waals surface area contributed by atoms with Crippen LogP contribution in [0.1, 0.15) is 67.3 Å². The first-order valence-corrected chi connectivity index (χ1v) is 16.8. The molecule has 3 aliphatic heterocycles. The number of amides is 2. The van der Waals surface area contributed by atoms with Crippen LogP contribution in [0.5, 0.6) is 0 Å².